The quantitative estimate of drug-likeness (QED) is 0.454. The van der Waals surface area contributed by atoms with Gasteiger partial charge in [-0.25, -0.2) is 0 Å². The van der Waals surface area contributed by atoms with E-state index in [-0.39, 0.29) is 12.2 Å². The lowest BCUT2D eigenvalue weighted by atomic mass is 9.87. The molecule has 0 bridgehead atoms. The van der Waals surface area contributed by atoms with Crippen LogP contribution in [0.2, 0.25) is 0 Å². The van der Waals surface area contributed by atoms with Crippen molar-refractivity contribution in [2.75, 3.05) is 13.2 Å². The van der Waals surface area contributed by atoms with Crippen molar-refractivity contribution in [3.63, 3.8) is 0 Å². The van der Waals surface area contributed by atoms with Gasteiger partial charge in [-0.1, -0.05) is 50.3 Å². The van der Waals surface area contributed by atoms with Gasteiger partial charge in [0.25, 0.3) is 0 Å². The fraction of sp³-hybridized carbons (Fsp3) is 0.556. The maximum Gasteiger partial charge on any atom is 0.0831 e. The Balaban J connectivity index is 0.000000847. The maximum atomic E-state index is 10.6. The molecule has 4 nitrogen and oxygen atoms in total. The highest BCUT2D eigenvalue weighted by atomic mass is 16.6. The molecule has 0 amide bonds. The predicted octanol–water partition coefficient (Wildman–Crippen LogP) is 3.41. The molecule has 122 valence electrons. The van der Waals surface area contributed by atoms with Crippen LogP contribution in [-0.4, -0.2) is 41.2 Å². The molecule has 0 radical (unpaired) electrons. The van der Waals surface area contributed by atoms with Gasteiger partial charge in [0.2, 0.25) is 0 Å². The first-order chi connectivity index (χ1) is 10.7. The van der Waals surface area contributed by atoms with E-state index < -0.39 is 5.54 Å². The zero-order chi connectivity index (χ0) is 16.0. The Morgan fingerprint density at radius 2 is 1.68 bits per heavy atom. The molecule has 2 saturated heterocycles. The van der Waals surface area contributed by atoms with E-state index in [1.807, 2.05) is 50.3 Å². The van der Waals surface area contributed by atoms with Gasteiger partial charge in [-0.15, -0.1) is 6.58 Å². The van der Waals surface area contributed by atoms with Crippen LogP contribution < -0.4 is 0 Å². The van der Waals surface area contributed by atoms with Crippen LogP contribution in [0.25, 0.3) is 0 Å². The van der Waals surface area contributed by atoms with Crippen LogP contribution in [0.1, 0.15) is 32.3 Å². The standard InChI is InChI=1S/C16H21NO3.C2H6/c1-2-16(8-14-11-19-14,9-15-12-20-15)17(18)10-13-6-4-3-5-7-13;1-2/h2-7,14-15,18H,1,8-12H2;1-2H3. The van der Waals surface area contributed by atoms with E-state index in [0.29, 0.717) is 6.54 Å². The van der Waals surface area contributed by atoms with Crippen molar-refractivity contribution in [3.8, 4) is 0 Å². The summed E-state index contributed by atoms with van der Waals surface area (Å²) in [5, 5.41) is 12.0. The van der Waals surface area contributed by atoms with Crippen molar-refractivity contribution in [3.05, 3.63) is 48.6 Å². The third kappa shape index (κ3) is 4.65. The molecule has 2 atom stereocenters. The summed E-state index contributed by atoms with van der Waals surface area (Å²) in [7, 11) is 0. The Labute approximate surface area is 133 Å². The smallest absolute Gasteiger partial charge is 0.0831 e. The summed E-state index contributed by atoms with van der Waals surface area (Å²) in [5.74, 6) is 0. The largest absolute Gasteiger partial charge is 0.373 e. The number of hydrogen-bond donors (Lipinski definition) is 1. The molecule has 2 heterocycles. The van der Waals surface area contributed by atoms with E-state index >= 15 is 0 Å². The van der Waals surface area contributed by atoms with Gasteiger partial charge in [-0.3, -0.25) is 0 Å². The van der Waals surface area contributed by atoms with Crippen molar-refractivity contribution in [1.29, 1.82) is 0 Å². The summed E-state index contributed by atoms with van der Waals surface area (Å²) < 4.78 is 10.7. The molecule has 0 saturated carbocycles. The van der Waals surface area contributed by atoms with Crippen molar-refractivity contribution in [2.45, 2.75) is 51.0 Å². The zero-order valence-electron chi connectivity index (χ0n) is 13.6. The highest BCUT2D eigenvalue weighted by molar-refractivity contribution is 5.16. The fourth-order valence-electron chi connectivity index (χ4n) is 2.64. The van der Waals surface area contributed by atoms with Crippen molar-refractivity contribution < 1.29 is 14.7 Å². The first-order valence-electron chi connectivity index (χ1n) is 8.09. The van der Waals surface area contributed by atoms with E-state index in [0.717, 1.165) is 31.6 Å². The second-order valence-corrected chi connectivity index (χ2v) is 5.67. The topological polar surface area (TPSA) is 48.5 Å². The zero-order valence-corrected chi connectivity index (χ0v) is 13.6. The molecule has 22 heavy (non-hydrogen) atoms. The second kappa shape index (κ2) is 7.88. The third-order valence-electron chi connectivity index (χ3n) is 4.04. The summed E-state index contributed by atoms with van der Waals surface area (Å²) in [6.07, 6.45) is 3.84. The molecule has 3 rings (SSSR count). The number of rotatable bonds is 8. The number of benzene rings is 1. The average molecular weight is 305 g/mol. The lowest BCUT2D eigenvalue weighted by Crippen LogP contribution is -2.47. The molecule has 2 aliphatic rings. The van der Waals surface area contributed by atoms with Gasteiger partial charge in [-0.2, -0.15) is 5.06 Å². The predicted molar refractivity (Wildman–Crippen MR) is 86.8 cm³/mol. The number of epoxide rings is 2. The van der Waals surface area contributed by atoms with Crippen LogP contribution in [0.4, 0.5) is 0 Å². The molecule has 2 unspecified atom stereocenters. The molecule has 1 aromatic rings. The Morgan fingerprint density at radius 3 is 2.09 bits per heavy atom. The van der Waals surface area contributed by atoms with Gasteiger partial charge in [0, 0.05) is 19.4 Å². The summed E-state index contributed by atoms with van der Waals surface area (Å²) in [5.41, 5.74) is 0.604. The van der Waals surface area contributed by atoms with Crippen LogP contribution in [0.15, 0.2) is 43.0 Å². The van der Waals surface area contributed by atoms with E-state index in [2.05, 4.69) is 6.58 Å². The minimum Gasteiger partial charge on any atom is -0.373 e. The summed E-state index contributed by atoms with van der Waals surface area (Å²) in [4.78, 5) is 0. The van der Waals surface area contributed by atoms with Gasteiger partial charge >= 0.3 is 0 Å². The van der Waals surface area contributed by atoms with E-state index in [1.165, 1.54) is 5.06 Å². The maximum absolute atomic E-state index is 10.6. The Morgan fingerprint density at radius 1 is 1.18 bits per heavy atom. The minimum absolute atomic E-state index is 0.233. The normalized spacial score (nSPS) is 24.9. The van der Waals surface area contributed by atoms with Gasteiger partial charge in [0.1, 0.15) is 0 Å². The van der Waals surface area contributed by atoms with Crippen LogP contribution in [0.3, 0.4) is 0 Å². The van der Waals surface area contributed by atoms with Crippen molar-refractivity contribution in [1.82, 2.24) is 5.06 Å². The third-order valence-corrected chi connectivity index (χ3v) is 4.04. The first-order valence-corrected chi connectivity index (χ1v) is 8.09. The minimum atomic E-state index is -0.474. The Hall–Kier alpha value is -1.20. The van der Waals surface area contributed by atoms with Crippen LogP contribution >= 0.6 is 0 Å². The lowest BCUT2D eigenvalue weighted by Gasteiger charge is -2.37. The summed E-state index contributed by atoms with van der Waals surface area (Å²) >= 11 is 0. The van der Waals surface area contributed by atoms with Gasteiger partial charge in [0.15, 0.2) is 0 Å². The molecule has 0 aromatic heterocycles. The first kappa shape index (κ1) is 17.2. The van der Waals surface area contributed by atoms with Gasteiger partial charge in [-0.05, 0) is 5.56 Å². The SMILES string of the molecule is C=CC(CC1CO1)(CC1CO1)N(O)Cc1ccccc1.CC. The second-order valence-electron chi connectivity index (χ2n) is 5.67. The van der Waals surface area contributed by atoms with Crippen molar-refractivity contribution in [2.24, 2.45) is 0 Å². The molecule has 1 aromatic carbocycles. The van der Waals surface area contributed by atoms with E-state index in [9.17, 15) is 5.21 Å². The number of ether oxygens (including phenoxy) is 2. The number of nitrogens with zero attached hydrogens (tertiary/aromatic N) is 1. The number of hydrogen-bond acceptors (Lipinski definition) is 4. The molecule has 2 fully saturated rings. The Kier molecular flexibility index (Phi) is 6.15. The van der Waals surface area contributed by atoms with Gasteiger partial charge < -0.3 is 14.7 Å². The molecule has 4 heteroatoms. The summed E-state index contributed by atoms with van der Waals surface area (Å²) in [6, 6.07) is 9.96. The highest BCUT2D eigenvalue weighted by Gasteiger charge is 2.44. The van der Waals surface area contributed by atoms with Crippen LogP contribution in [0, 0.1) is 0 Å². The molecular formula is C18H27NO3. The van der Waals surface area contributed by atoms with Crippen LogP contribution in [0.5, 0.6) is 0 Å². The Bertz CT molecular complexity index is 441. The van der Waals surface area contributed by atoms with Crippen LogP contribution in [-0.2, 0) is 16.0 Å². The molecule has 0 spiro atoms. The molecular weight excluding hydrogens is 278 g/mol. The lowest BCUT2D eigenvalue weighted by molar-refractivity contribution is -0.172. The summed E-state index contributed by atoms with van der Waals surface area (Å²) in [6.45, 7) is 9.98. The highest BCUT2D eigenvalue weighted by Crippen LogP contribution is 2.36. The van der Waals surface area contributed by atoms with Gasteiger partial charge in [0.05, 0.1) is 31.0 Å². The molecule has 1 N–H and O–H groups in total. The van der Waals surface area contributed by atoms with E-state index in [1.54, 1.807) is 0 Å². The fourth-order valence-corrected chi connectivity index (χ4v) is 2.64. The monoisotopic (exact) mass is 305 g/mol. The molecule has 2 aliphatic heterocycles. The van der Waals surface area contributed by atoms with E-state index in [4.69, 9.17) is 9.47 Å². The average Bonchev–Trinajstić information content (AvgIpc) is 3.46. The van der Waals surface area contributed by atoms with Crippen molar-refractivity contribution >= 4 is 0 Å². The molecule has 0 aliphatic carbocycles. The number of hydroxylamine groups is 2.